The molecule has 4 rings (SSSR count). The number of carbonyl (C=O) groups is 1. The number of pyridine rings is 1. The summed E-state index contributed by atoms with van der Waals surface area (Å²) in [6, 6.07) is 30.1. The van der Waals surface area contributed by atoms with Crippen LogP contribution in [0.5, 0.6) is 0 Å². The minimum Gasteiger partial charge on any atom is -0.287 e. The van der Waals surface area contributed by atoms with E-state index >= 15 is 0 Å². The Morgan fingerprint density at radius 2 is 1.44 bits per heavy atom. The molecule has 3 aromatic carbocycles. The molecular weight excluding hydrogens is 306 g/mol. The van der Waals surface area contributed by atoms with Crippen molar-refractivity contribution in [2.24, 2.45) is 0 Å². The number of hydrogen-bond acceptors (Lipinski definition) is 1. The van der Waals surface area contributed by atoms with Crippen LogP contribution in [0.1, 0.15) is 10.4 Å². The van der Waals surface area contributed by atoms with Crippen LogP contribution in [0.2, 0.25) is 0 Å². The largest absolute Gasteiger partial charge is 0.287 e. The molecule has 25 heavy (non-hydrogen) atoms. The van der Waals surface area contributed by atoms with E-state index in [2.05, 4.69) is 36.4 Å². The van der Waals surface area contributed by atoms with E-state index in [1.807, 2.05) is 65.4 Å². The third-order valence-electron chi connectivity index (χ3n) is 4.42. The van der Waals surface area contributed by atoms with Crippen LogP contribution >= 0.6 is 0 Å². The predicted molar refractivity (Wildman–Crippen MR) is 100 cm³/mol. The summed E-state index contributed by atoms with van der Waals surface area (Å²) in [6.07, 6.45) is 1.97. The monoisotopic (exact) mass is 324 g/mol. The summed E-state index contributed by atoms with van der Waals surface area (Å²) < 4.78 is 2.02. The molecule has 4 aromatic rings. The van der Waals surface area contributed by atoms with Gasteiger partial charge in [-0.2, -0.15) is 4.57 Å². The highest BCUT2D eigenvalue weighted by Gasteiger charge is 2.18. The molecule has 0 fully saturated rings. The summed E-state index contributed by atoms with van der Waals surface area (Å²) in [5, 5.41) is 2.39. The number of fused-ring (bicyclic) bond motifs is 1. The highest BCUT2D eigenvalue weighted by Crippen LogP contribution is 2.26. The lowest BCUT2D eigenvalue weighted by Crippen LogP contribution is -2.39. The smallest absolute Gasteiger partial charge is 0.227 e. The van der Waals surface area contributed by atoms with Crippen LogP contribution in [0.4, 0.5) is 0 Å². The molecule has 0 aliphatic heterocycles. The van der Waals surface area contributed by atoms with Gasteiger partial charge in [-0.25, -0.2) is 0 Å². The van der Waals surface area contributed by atoms with Crippen molar-refractivity contribution >= 4 is 16.6 Å². The summed E-state index contributed by atoms with van der Waals surface area (Å²) in [5.41, 5.74) is 2.92. The molecule has 0 saturated heterocycles. The van der Waals surface area contributed by atoms with E-state index in [-0.39, 0.29) is 5.78 Å². The Bertz CT molecular complexity index is 1030. The van der Waals surface area contributed by atoms with Gasteiger partial charge in [-0.3, -0.25) is 4.79 Å². The van der Waals surface area contributed by atoms with Crippen LogP contribution in [-0.2, 0) is 6.54 Å². The average Bonchev–Trinajstić information content (AvgIpc) is 2.69. The number of Topliss-reactive ketones (excluding diaryl/α,β-unsaturated/α-hetero) is 1. The summed E-state index contributed by atoms with van der Waals surface area (Å²) >= 11 is 0. The maximum Gasteiger partial charge on any atom is 0.227 e. The molecule has 1 heterocycles. The molecule has 0 amide bonds. The van der Waals surface area contributed by atoms with Gasteiger partial charge in [0, 0.05) is 17.7 Å². The number of ketones is 1. The van der Waals surface area contributed by atoms with Gasteiger partial charge in [0.15, 0.2) is 6.20 Å². The zero-order valence-corrected chi connectivity index (χ0v) is 13.8. The number of nitrogens with zero attached hydrogens (tertiary/aromatic N) is 1. The summed E-state index contributed by atoms with van der Waals surface area (Å²) in [5.74, 6) is 0.110. The lowest BCUT2D eigenvalue weighted by molar-refractivity contribution is -0.672. The molecule has 0 bridgehead atoms. The normalized spacial score (nSPS) is 10.7. The van der Waals surface area contributed by atoms with Gasteiger partial charge in [-0.1, -0.05) is 66.7 Å². The van der Waals surface area contributed by atoms with Crippen LogP contribution in [0.15, 0.2) is 97.2 Å². The van der Waals surface area contributed by atoms with Gasteiger partial charge >= 0.3 is 0 Å². The van der Waals surface area contributed by atoms with Gasteiger partial charge in [-0.15, -0.1) is 0 Å². The lowest BCUT2D eigenvalue weighted by atomic mass is 10.0. The average molecular weight is 324 g/mol. The Balaban J connectivity index is 1.78. The fourth-order valence-corrected chi connectivity index (χ4v) is 3.18. The third-order valence-corrected chi connectivity index (χ3v) is 4.42. The minimum absolute atomic E-state index is 0.110. The Kier molecular flexibility index (Phi) is 4.09. The van der Waals surface area contributed by atoms with E-state index in [4.69, 9.17) is 0 Å². The SMILES string of the molecule is O=C(C[n+]1ccccc1-c1cccc2ccccc12)c1ccccc1. The van der Waals surface area contributed by atoms with Crippen molar-refractivity contribution in [1.29, 1.82) is 0 Å². The quantitative estimate of drug-likeness (QED) is 0.394. The minimum atomic E-state index is 0.110. The van der Waals surface area contributed by atoms with Crippen LogP contribution in [0.25, 0.3) is 22.0 Å². The molecule has 0 N–H and O–H groups in total. The number of aromatic nitrogens is 1. The Morgan fingerprint density at radius 1 is 0.720 bits per heavy atom. The van der Waals surface area contributed by atoms with Gasteiger partial charge in [-0.05, 0) is 22.9 Å². The molecule has 0 atom stereocenters. The second-order valence-corrected chi connectivity index (χ2v) is 6.03. The van der Waals surface area contributed by atoms with Crippen LogP contribution in [0, 0.1) is 0 Å². The Hall–Kier alpha value is -3.26. The van der Waals surface area contributed by atoms with Gasteiger partial charge < -0.3 is 0 Å². The number of benzene rings is 3. The first-order valence-corrected chi connectivity index (χ1v) is 8.38. The zero-order valence-electron chi connectivity index (χ0n) is 13.8. The molecule has 1 aromatic heterocycles. The van der Waals surface area contributed by atoms with Gasteiger partial charge in [0.05, 0.1) is 5.56 Å². The van der Waals surface area contributed by atoms with Gasteiger partial charge in [0.2, 0.25) is 18.0 Å². The van der Waals surface area contributed by atoms with Crippen LogP contribution in [-0.4, -0.2) is 5.78 Å². The van der Waals surface area contributed by atoms with Gasteiger partial charge in [0.1, 0.15) is 0 Å². The first kappa shape index (κ1) is 15.3. The highest BCUT2D eigenvalue weighted by molar-refractivity contribution is 5.96. The highest BCUT2D eigenvalue weighted by atomic mass is 16.1. The van der Waals surface area contributed by atoms with Crippen molar-refractivity contribution in [1.82, 2.24) is 0 Å². The summed E-state index contributed by atoms with van der Waals surface area (Å²) in [6.45, 7) is 0.323. The maximum atomic E-state index is 12.6. The second kappa shape index (κ2) is 6.70. The third kappa shape index (κ3) is 3.07. The standard InChI is InChI=1S/C23H18NO/c25-23(19-10-2-1-3-11-19)17-24-16-7-6-15-22(24)21-14-8-12-18-9-4-5-13-20(18)21/h1-16H,17H2/q+1. The molecule has 0 unspecified atom stereocenters. The summed E-state index contributed by atoms with van der Waals surface area (Å²) in [4.78, 5) is 12.6. The molecule has 0 saturated carbocycles. The molecule has 0 radical (unpaired) electrons. The van der Waals surface area contributed by atoms with E-state index in [1.54, 1.807) is 0 Å². The van der Waals surface area contributed by atoms with Crippen molar-refractivity contribution in [2.75, 3.05) is 0 Å². The van der Waals surface area contributed by atoms with Crippen molar-refractivity contribution in [2.45, 2.75) is 6.54 Å². The molecule has 120 valence electrons. The molecule has 0 aliphatic rings. The molecule has 2 heteroatoms. The predicted octanol–water partition coefficient (Wildman–Crippen LogP) is 4.68. The Labute approximate surface area is 147 Å². The van der Waals surface area contributed by atoms with E-state index in [9.17, 15) is 4.79 Å². The van der Waals surface area contributed by atoms with Crippen LogP contribution < -0.4 is 4.57 Å². The zero-order chi connectivity index (χ0) is 17.1. The van der Waals surface area contributed by atoms with E-state index < -0.39 is 0 Å². The number of rotatable bonds is 4. The van der Waals surface area contributed by atoms with Crippen molar-refractivity contribution in [3.8, 4) is 11.3 Å². The number of carbonyl (C=O) groups excluding carboxylic acids is 1. The molecule has 0 spiro atoms. The Morgan fingerprint density at radius 3 is 2.32 bits per heavy atom. The fourth-order valence-electron chi connectivity index (χ4n) is 3.18. The lowest BCUT2D eigenvalue weighted by Gasteiger charge is -2.07. The van der Waals surface area contributed by atoms with Crippen molar-refractivity contribution < 1.29 is 9.36 Å². The first-order chi connectivity index (χ1) is 12.3. The van der Waals surface area contributed by atoms with Crippen molar-refractivity contribution in [3.05, 3.63) is 103 Å². The molecule has 0 aliphatic carbocycles. The second-order valence-electron chi connectivity index (χ2n) is 6.03. The van der Waals surface area contributed by atoms with Crippen LogP contribution in [0.3, 0.4) is 0 Å². The maximum absolute atomic E-state index is 12.6. The van der Waals surface area contributed by atoms with Crippen molar-refractivity contribution in [3.63, 3.8) is 0 Å². The van der Waals surface area contributed by atoms with E-state index in [0.29, 0.717) is 6.54 Å². The van der Waals surface area contributed by atoms with Gasteiger partial charge in [0.25, 0.3) is 0 Å². The fraction of sp³-hybridized carbons (Fsp3) is 0.0435. The topological polar surface area (TPSA) is 20.9 Å². The number of hydrogen-bond donors (Lipinski definition) is 0. The van der Waals surface area contributed by atoms with E-state index in [0.717, 1.165) is 16.8 Å². The summed E-state index contributed by atoms with van der Waals surface area (Å²) in [7, 11) is 0. The van der Waals surface area contributed by atoms with E-state index in [1.165, 1.54) is 10.8 Å². The molecular formula is C23H18NO+. The molecule has 2 nitrogen and oxygen atoms in total. The first-order valence-electron chi connectivity index (χ1n) is 8.38.